The van der Waals surface area contributed by atoms with Crippen LogP contribution in [0.15, 0.2) is 48.5 Å². The number of aryl methyl sites for hydroxylation is 1. The molecule has 2 aromatic carbocycles. The summed E-state index contributed by atoms with van der Waals surface area (Å²) < 4.78 is 0. The van der Waals surface area contributed by atoms with Gasteiger partial charge in [-0.25, -0.2) is 4.98 Å². The molecule has 0 bridgehead atoms. The van der Waals surface area contributed by atoms with E-state index in [1.54, 1.807) is 0 Å². The maximum atomic E-state index is 6.17. The van der Waals surface area contributed by atoms with E-state index in [1.807, 2.05) is 43.3 Å². The highest BCUT2D eigenvalue weighted by Crippen LogP contribution is 2.33. The van der Waals surface area contributed by atoms with Crippen LogP contribution in [0.5, 0.6) is 0 Å². The van der Waals surface area contributed by atoms with Crippen LogP contribution in [0.1, 0.15) is 5.69 Å². The fourth-order valence-corrected chi connectivity index (χ4v) is 2.83. The summed E-state index contributed by atoms with van der Waals surface area (Å²) in [6.07, 6.45) is 0. The van der Waals surface area contributed by atoms with Crippen LogP contribution in [-0.4, -0.2) is 15.2 Å². The van der Waals surface area contributed by atoms with Crippen molar-refractivity contribution in [1.29, 1.82) is 0 Å². The van der Waals surface area contributed by atoms with Gasteiger partial charge in [-0.15, -0.1) is 0 Å². The highest BCUT2D eigenvalue weighted by atomic mass is 35.5. The Balaban J connectivity index is 2.20. The average molecular weight is 294 g/mol. The predicted octanol–water partition coefficient (Wildman–Crippen LogP) is 4.74. The summed E-state index contributed by atoms with van der Waals surface area (Å²) in [7, 11) is 0. The molecule has 0 saturated heterocycles. The van der Waals surface area contributed by atoms with Crippen molar-refractivity contribution in [2.75, 3.05) is 0 Å². The van der Waals surface area contributed by atoms with Gasteiger partial charge >= 0.3 is 0 Å². The summed E-state index contributed by atoms with van der Waals surface area (Å²) in [5.41, 5.74) is 4.77. The maximum Gasteiger partial charge on any atom is 0.119 e. The third-order valence-electron chi connectivity index (χ3n) is 3.68. The summed E-state index contributed by atoms with van der Waals surface area (Å²) in [5, 5.41) is 10.2. The molecule has 0 unspecified atom stereocenters. The topological polar surface area (TPSA) is 41.6 Å². The van der Waals surface area contributed by atoms with E-state index in [-0.39, 0.29) is 0 Å². The molecule has 2 aromatic heterocycles. The minimum Gasteiger partial charge on any atom is -0.280 e. The molecule has 4 aromatic rings. The van der Waals surface area contributed by atoms with E-state index in [9.17, 15) is 0 Å². The van der Waals surface area contributed by atoms with Crippen molar-refractivity contribution in [3.8, 4) is 11.3 Å². The van der Waals surface area contributed by atoms with Crippen LogP contribution in [0.2, 0.25) is 5.02 Å². The molecule has 21 heavy (non-hydrogen) atoms. The van der Waals surface area contributed by atoms with Gasteiger partial charge in [0, 0.05) is 21.4 Å². The van der Waals surface area contributed by atoms with Crippen molar-refractivity contribution in [3.05, 3.63) is 59.2 Å². The average Bonchev–Trinajstić information content (AvgIpc) is 2.89. The molecule has 0 aliphatic rings. The van der Waals surface area contributed by atoms with Gasteiger partial charge in [0.2, 0.25) is 0 Å². The van der Waals surface area contributed by atoms with Crippen molar-refractivity contribution in [2.24, 2.45) is 0 Å². The van der Waals surface area contributed by atoms with E-state index in [4.69, 9.17) is 16.6 Å². The molecular weight excluding hydrogens is 282 g/mol. The summed E-state index contributed by atoms with van der Waals surface area (Å²) >= 11 is 6.17. The second kappa shape index (κ2) is 4.57. The number of halogens is 1. The first-order valence-corrected chi connectivity index (χ1v) is 7.11. The van der Waals surface area contributed by atoms with Crippen LogP contribution in [0.25, 0.3) is 33.1 Å². The number of rotatable bonds is 1. The van der Waals surface area contributed by atoms with Gasteiger partial charge < -0.3 is 0 Å². The van der Waals surface area contributed by atoms with Crippen LogP contribution in [-0.2, 0) is 0 Å². The molecule has 4 heteroatoms. The zero-order valence-electron chi connectivity index (χ0n) is 11.4. The lowest BCUT2D eigenvalue weighted by Crippen LogP contribution is -1.89. The summed E-state index contributed by atoms with van der Waals surface area (Å²) in [5.74, 6) is 0. The van der Waals surface area contributed by atoms with Gasteiger partial charge in [-0.05, 0) is 19.1 Å². The largest absolute Gasteiger partial charge is 0.280 e. The van der Waals surface area contributed by atoms with Gasteiger partial charge in [-0.2, -0.15) is 5.10 Å². The van der Waals surface area contributed by atoms with Crippen LogP contribution < -0.4 is 0 Å². The maximum absolute atomic E-state index is 6.17. The number of pyridine rings is 1. The number of aromatic nitrogens is 3. The highest BCUT2D eigenvalue weighted by Gasteiger charge is 2.14. The Bertz CT molecular complexity index is 958. The van der Waals surface area contributed by atoms with Crippen LogP contribution in [0, 0.1) is 6.92 Å². The molecule has 0 spiro atoms. The van der Waals surface area contributed by atoms with Crippen molar-refractivity contribution in [3.63, 3.8) is 0 Å². The van der Waals surface area contributed by atoms with Gasteiger partial charge in [0.15, 0.2) is 0 Å². The van der Waals surface area contributed by atoms with Gasteiger partial charge in [0.1, 0.15) is 11.0 Å². The fourth-order valence-electron chi connectivity index (χ4n) is 2.65. The Hall–Kier alpha value is -2.39. The molecule has 0 aliphatic carbocycles. The van der Waals surface area contributed by atoms with Crippen LogP contribution >= 0.6 is 11.6 Å². The Morgan fingerprint density at radius 1 is 0.952 bits per heavy atom. The summed E-state index contributed by atoms with van der Waals surface area (Å²) in [6.45, 7) is 1.98. The molecule has 0 atom stereocenters. The fraction of sp³-hybridized carbons (Fsp3) is 0.0588. The van der Waals surface area contributed by atoms with E-state index < -0.39 is 0 Å². The standard InChI is InChI=1S/C17H12ClN3/c1-10-15-17(21-20-10)14-9-12(18)7-8-13(14)16(19-15)11-5-3-2-4-6-11/h2-9H,1H3,(H,20,21). The van der Waals surface area contributed by atoms with E-state index in [0.717, 1.165) is 38.8 Å². The van der Waals surface area contributed by atoms with Crippen molar-refractivity contribution < 1.29 is 0 Å². The van der Waals surface area contributed by atoms with Crippen molar-refractivity contribution in [1.82, 2.24) is 15.2 Å². The second-order valence-electron chi connectivity index (χ2n) is 5.06. The molecular formula is C17H12ClN3. The van der Waals surface area contributed by atoms with E-state index in [0.29, 0.717) is 5.02 Å². The minimum atomic E-state index is 0.703. The molecule has 0 saturated carbocycles. The quantitative estimate of drug-likeness (QED) is 0.551. The molecule has 0 radical (unpaired) electrons. The molecule has 1 N–H and O–H groups in total. The first-order chi connectivity index (χ1) is 10.2. The van der Waals surface area contributed by atoms with E-state index in [2.05, 4.69) is 22.3 Å². The molecule has 0 fully saturated rings. The van der Waals surface area contributed by atoms with E-state index in [1.165, 1.54) is 0 Å². The number of aromatic amines is 1. The zero-order valence-corrected chi connectivity index (χ0v) is 12.1. The highest BCUT2D eigenvalue weighted by molar-refractivity contribution is 6.32. The zero-order chi connectivity index (χ0) is 14.4. The molecule has 102 valence electrons. The Labute approximate surface area is 126 Å². The van der Waals surface area contributed by atoms with Gasteiger partial charge in [0.05, 0.1) is 11.4 Å². The van der Waals surface area contributed by atoms with Crippen LogP contribution in [0.4, 0.5) is 0 Å². The normalized spacial score (nSPS) is 11.3. The second-order valence-corrected chi connectivity index (χ2v) is 5.50. The van der Waals surface area contributed by atoms with Gasteiger partial charge in [0.25, 0.3) is 0 Å². The lowest BCUT2D eigenvalue weighted by atomic mass is 10.0. The van der Waals surface area contributed by atoms with Crippen LogP contribution in [0.3, 0.4) is 0 Å². The number of benzene rings is 2. The lowest BCUT2D eigenvalue weighted by molar-refractivity contribution is 1.07. The predicted molar refractivity (Wildman–Crippen MR) is 86.6 cm³/mol. The third kappa shape index (κ3) is 1.89. The number of H-pyrrole nitrogens is 1. The van der Waals surface area contributed by atoms with Crippen molar-refractivity contribution in [2.45, 2.75) is 6.92 Å². The number of hydrogen-bond donors (Lipinski definition) is 1. The SMILES string of the molecule is Cc1[nH]nc2c1nc(-c1ccccc1)c1ccc(Cl)cc12. The first kappa shape index (κ1) is 12.4. The first-order valence-electron chi connectivity index (χ1n) is 6.73. The molecule has 0 amide bonds. The monoisotopic (exact) mass is 293 g/mol. The Morgan fingerprint density at radius 2 is 1.76 bits per heavy atom. The number of nitrogens with one attached hydrogen (secondary N) is 1. The van der Waals surface area contributed by atoms with Gasteiger partial charge in [-0.1, -0.05) is 48.0 Å². The molecule has 3 nitrogen and oxygen atoms in total. The molecule has 2 heterocycles. The van der Waals surface area contributed by atoms with E-state index >= 15 is 0 Å². The smallest absolute Gasteiger partial charge is 0.119 e. The number of hydrogen-bond acceptors (Lipinski definition) is 2. The van der Waals surface area contributed by atoms with Crippen molar-refractivity contribution >= 4 is 33.4 Å². The number of fused-ring (bicyclic) bond motifs is 3. The number of nitrogens with zero attached hydrogens (tertiary/aromatic N) is 2. The Kier molecular flexibility index (Phi) is 2.69. The Morgan fingerprint density at radius 3 is 2.57 bits per heavy atom. The lowest BCUT2D eigenvalue weighted by Gasteiger charge is -2.07. The molecule has 4 rings (SSSR count). The summed E-state index contributed by atoms with van der Waals surface area (Å²) in [4.78, 5) is 4.83. The third-order valence-corrected chi connectivity index (χ3v) is 3.91. The minimum absolute atomic E-state index is 0.703. The molecule has 0 aliphatic heterocycles. The van der Waals surface area contributed by atoms with Gasteiger partial charge in [-0.3, -0.25) is 5.10 Å². The summed E-state index contributed by atoms with van der Waals surface area (Å²) in [6, 6.07) is 16.0.